The van der Waals surface area contributed by atoms with E-state index in [1.54, 1.807) is 11.3 Å². The van der Waals surface area contributed by atoms with Gasteiger partial charge < -0.3 is 10.2 Å². The zero-order valence-electron chi connectivity index (χ0n) is 10.5. The number of nitrogens with zero attached hydrogens (tertiary/aromatic N) is 1. The van der Waals surface area contributed by atoms with Gasteiger partial charge in [0.2, 0.25) is 0 Å². The van der Waals surface area contributed by atoms with Crippen molar-refractivity contribution in [1.29, 1.82) is 0 Å². The number of carbonyl (C=O) groups excluding carboxylic acids is 1. The van der Waals surface area contributed by atoms with E-state index in [1.807, 2.05) is 28.8 Å². The third-order valence-corrected chi connectivity index (χ3v) is 4.77. The van der Waals surface area contributed by atoms with Crippen LogP contribution in [-0.2, 0) is 0 Å². The van der Waals surface area contributed by atoms with Gasteiger partial charge in [-0.25, -0.2) is 0 Å². The smallest absolute Gasteiger partial charge is 0.254 e. The monoisotopic (exact) mass is 286 g/mol. The fourth-order valence-electron chi connectivity index (χ4n) is 3.10. The maximum Gasteiger partial charge on any atom is 0.254 e. The second kappa shape index (κ2) is 5.59. The lowest BCUT2D eigenvalue weighted by atomic mass is 9.98. The molecule has 2 fully saturated rings. The number of nitrogens with one attached hydrogen (secondary N) is 1. The zero-order valence-corrected chi connectivity index (χ0v) is 12.1. The van der Waals surface area contributed by atoms with Crippen LogP contribution < -0.4 is 5.32 Å². The minimum absolute atomic E-state index is 0. The number of carbonyl (C=O) groups is 1. The van der Waals surface area contributed by atoms with Gasteiger partial charge in [0.1, 0.15) is 0 Å². The van der Waals surface area contributed by atoms with Gasteiger partial charge in [-0.15, -0.1) is 12.4 Å². The molecule has 2 bridgehead atoms. The molecule has 18 heavy (non-hydrogen) atoms. The lowest BCUT2D eigenvalue weighted by molar-refractivity contribution is 0.0682. The minimum Gasteiger partial charge on any atom is -0.339 e. The molecule has 0 aromatic carbocycles. The van der Waals surface area contributed by atoms with E-state index in [2.05, 4.69) is 5.32 Å². The Kier molecular flexibility index (Phi) is 4.30. The first-order chi connectivity index (χ1) is 8.24. The van der Waals surface area contributed by atoms with Crippen molar-refractivity contribution in [2.45, 2.75) is 43.8 Å². The number of thiophene rings is 1. The van der Waals surface area contributed by atoms with Gasteiger partial charge in [0.15, 0.2) is 0 Å². The van der Waals surface area contributed by atoms with Crippen molar-refractivity contribution in [3.8, 4) is 0 Å². The van der Waals surface area contributed by atoms with E-state index in [0.29, 0.717) is 18.1 Å². The molecular formula is C13H19ClN2OS. The third-order valence-electron chi connectivity index (χ3n) is 4.08. The van der Waals surface area contributed by atoms with Crippen LogP contribution in [0.1, 0.15) is 36.0 Å². The Morgan fingerprint density at radius 1 is 1.39 bits per heavy atom. The van der Waals surface area contributed by atoms with E-state index in [9.17, 15) is 4.79 Å². The molecule has 0 radical (unpaired) electrons. The maximum atomic E-state index is 12.3. The van der Waals surface area contributed by atoms with Crippen LogP contribution in [0.5, 0.6) is 0 Å². The van der Waals surface area contributed by atoms with Gasteiger partial charge in [0, 0.05) is 30.6 Å². The molecule has 1 aromatic rings. The predicted octanol–water partition coefficient (Wildman–Crippen LogP) is 2.52. The van der Waals surface area contributed by atoms with Crippen LogP contribution in [0.4, 0.5) is 0 Å². The van der Waals surface area contributed by atoms with E-state index in [1.165, 1.54) is 12.8 Å². The predicted molar refractivity (Wildman–Crippen MR) is 76.6 cm³/mol. The van der Waals surface area contributed by atoms with Crippen LogP contribution in [0.15, 0.2) is 16.8 Å². The lowest BCUT2D eigenvalue weighted by Crippen LogP contribution is -2.48. The quantitative estimate of drug-likeness (QED) is 0.906. The SMILES string of the molecule is CN(C(=O)c1ccsc1)C1CC2CCC(C1)N2.Cl. The summed E-state index contributed by atoms with van der Waals surface area (Å²) in [5, 5.41) is 7.52. The number of piperidine rings is 1. The van der Waals surface area contributed by atoms with Gasteiger partial charge >= 0.3 is 0 Å². The van der Waals surface area contributed by atoms with Gasteiger partial charge in [-0.3, -0.25) is 4.79 Å². The highest BCUT2D eigenvalue weighted by atomic mass is 35.5. The summed E-state index contributed by atoms with van der Waals surface area (Å²) in [6.07, 6.45) is 4.79. The molecule has 3 heterocycles. The summed E-state index contributed by atoms with van der Waals surface area (Å²) in [5.41, 5.74) is 0.836. The second-order valence-electron chi connectivity index (χ2n) is 5.19. The molecule has 3 rings (SSSR count). The molecule has 0 spiro atoms. The first-order valence-corrected chi connectivity index (χ1v) is 7.23. The molecule has 3 nitrogen and oxygen atoms in total. The molecule has 2 aliphatic heterocycles. The molecule has 2 unspecified atom stereocenters. The van der Waals surface area contributed by atoms with Crippen molar-refractivity contribution in [3.63, 3.8) is 0 Å². The van der Waals surface area contributed by atoms with E-state index < -0.39 is 0 Å². The molecule has 2 aliphatic rings. The molecule has 2 saturated heterocycles. The largest absolute Gasteiger partial charge is 0.339 e. The molecule has 1 amide bonds. The highest BCUT2D eigenvalue weighted by molar-refractivity contribution is 7.08. The van der Waals surface area contributed by atoms with Crippen molar-refractivity contribution in [3.05, 3.63) is 22.4 Å². The van der Waals surface area contributed by atoms with E-state index >= 15 is 0 Å². The van der Waals surface area contributed by atoms with Crippen LogP contribution in [0.2, 0.25) is 0 Å². The summed E-state index contributed by atoms with van der Waals surface area (Å²) < 4.78 is 0. The van der Waals surface area contributed by atoms with Crippen molar-refractivity contribution < 1.29 is 4.79 Å². The minimum atomic E-state index is 0. The summed E-state index contributed by atoms with van der Waals surface area (Å²) >= 11 is 1.59. The Morgan fingerprint density at radius 3 is 2.61 bits per heavy atom. The van der Waals surface area contributed by atoms with Crippen molar-refractivity contribution in [1.82, 2.24) is 10.2 Å². The van der Waals surface area contributed by atoms with E-state index in [4.69, 9.17) is 0 Å². The maximum absolute atomic E-state index is 12.3. The average molecular weight is 287 g/mol. The normalized spacial score (nSPS) is 29.7. The van der Waals surface area contributed by atoms with Crippen molar-refractivity contribution in [2.75, 3.05) is 7.05 Å². The first kappa shape index (κ1) is 13.8. The van der Waals surface area contributed by atoms with Crippen LogP contribution in [0, 0.1) is 0 Å². The number of halogens is 1. The van der Waals surface area contributed by atoms with Gasteiger partial charge in [0.05, 0.1) is 5.56 Å². The Bertz CT molecular complexity index is 397. The fourth-order valence-corrected chi connectivity index (χ4v) is 3.73. The Balaban J connectivity index is 0.00000120. The molecule has 1 aromatic heterocycles. The average Bonchev–Trinajstić information content (AvgIpc) is 2.97. The highest BCUT2D eigenvalue weighted by Gasteiger charge is 2.36. The number of hydrogen-bond acceptors (Lipinski definition) is 3. The lowest BCUT2D eigenvalue weighted by Gasteiger charge is -2.35. The van der Waals surface area contributed by atoms with Crippen molar-refractivity contribution in [2.24, 2.45) is 0 Å². The van der Waals surface area contributed by atoms with Crippen LogP contribution in [0.3, 0.4) is 0 Å². The summed E-state index contributed by atoms with van der Waals surface area (Å²) in [4.78, 5) is 14.2. The molecule has 5 heteroatoms. The number of rotatable bonds is 2. The van der Waals surface area contributed by atoms with Gasteiger partial charge in [-0.2, -0.15) is 11.3 Å². The van der Waals surface area contributed by atoms with Crippen LogP contribution >= 0.6 is 23.7 Å². The van der Waals surface area contributed by atoms with Gasteiger partial charge in [-0.1, -0.05) is 0 Å². The van der Waals surface area contributed by atoms with Crippen LogP contribution in [0.25, 0.3) is 0 Å². The number of amides is 1. The fraction of sp³-hybridized carbons (Fsp3) is 0.615. The van der Waals surface area contributed by atoms with Crippen LogP contribution in [-0.4, -0.2) is 36.0 Å². The zero-order chi connectivity index (χ0) is 11.8. The number of fused-ring (bicyclic) bond motifs is 2. The van der Waals surface area contributed by atoms with E-state index in [-0.39, 0.29) is 18.3 Å². The van der Waals surface area contributed by atoms with Gasteiger partial charge in [-0.05, 0) is 37.1 Å². The molecule has 2 atom stereocenters. The Morgan fingerprint density at radius 2 is 2.06 bits per heavy atom. The second-order valence-corrected chi connectivity index (χ2v) is 5.97. The standard InChI is InChI=1S/C13H18N2OS.ClH/c1-15(13(16)9-4-5-17-8-9)12-6-10-2-3-11(7-12)14-10;/h4-5,8,10-12,14H,2-3,6-7H2,1H3;1H. The summed E-state index contributed by atoms with van der Waals surface area (Å²) in [7, 11) is 1.95. The van der Waals surface area contributed by atoms with Gasteiger partial charge in [0.25, 0.3) is 5.91 Å². The molecule has 100 valence electrons. The summed E-state index contributed by atoms with van der Waals surface area (Å²) in [6.45, 7) is 0. The molecule has 1 N–H and O–H groups in total. The molecule has 0 aliphatic carbocycles. The molecule has 0 saturated carbocycles. The van der Waals surface area contributed by atoms with E-state index in [0.717, 1.165) is 18.4 Å². The topological polar surface area (TPSA) is 32.3 Å². The summed E-state index contributed by atoms with van der Waals surface area (Å²) in [6, 6.07) is 3.60. The summed E-state index contributed by atoms with van der Waals surface area (Å²) in [5.74, 6) is 0.178. The number of hydrogen-bond donors (Lipinski definition) is 1. The third kappa shape index (κ3) is 2.56. The van der Waals surface area contributed by atoms with Crippen molar-refractivity contribution >= 4 is 29.7 Å². The Hall–Kier alpha value is -0.580. The highest BCUT2D eigenvalue weighted by Crippen LogP contribution is 2.29. The first-order valence-electron chi connectivity index (χ1n) is 6.29. The molecular weight excluding hydrogens is 268 g/mol. The Labute approximate surface area is 118 Å².